The van der Waals surface area contributed by atoms with Crippen LogP contribution in [0.25, 0.3) is 0 Å². The van der Waals surface area contributed by atoms with Gasteiger partial charge in [-0.25, -0.2) is 4.68 Å². The molecule has 68 valence electrons. The molecule has 0 saturated carbocycles. The van der Waals surface area contributed by atoms with E-state index in [-0.39, 0.29) is 6.61 Å². The van der Waals surface area contributed by atoms with Crippen molar-refractivity contribution in [2.24, 2.45) is 0 Å². The minimum atomic E-state index is -0.0180. The van der Waals surface area contributed by atoms with Crippen LogP contribution in [0, 0.1) is 0 Å². The molecule has 0 aromatic carbocycles. The smallest absolute Gasteiger partial charge is 0.111 e. The fraction of sp³-hybridized carbons (Fsp3) is 0.750. The highest BCUT2D eigenvalue weighted by Crippen LogP contribution is 2.11. The van der Waals surface area contributed by atoms with Crippen molar-refractivity contribution in [3.8, 4) is 0 Å². The lowest BCUT2D eigenvalue weighted by Crippen LogP contribution is -2.07. The lowest BCUT2D eigenvalue weighted by Gasteiger charge is -2.07. The molecule has 0 aliphatic heterocycles. The minimum absolute atomic E-state index is 0.0180. The molecule has 1 N–H and O–H groups in total. The first-order chi connectivity index (χ1) is 5.70. The topological polar surface area (TPSA) is 50.9 Å². The lowest BCUT2D eigenvalue weighted by atomic mass is 10.2. The summed E-state index contributed by atoms with van der Waals surface area (Å²) in [4.78, 5) is 0. The Morgan fingerprint density at radius 1 is 1.50 bits per heavy atom. The van der Waals surface area contributed by atoms with Gasteiger partial charge < -0.3 is 5.11 Å². The molecule has 0 aliphatic carbocycles. The summed E-state index contributed by atoms with van der Waals surface area (Å²) in [6.07, 6.45) is 0.862. The molecule has 1 aromatic heterocycles. The fourth-order valence-corrected chi connectivity index (χ4v) is 1.25. The molecular weight excluding hydrogens is 154 g/mol. The van der Waals surface area contributed by atoms with Gasteiger partial charge in [0.15, 0.2) is 0 Å². The van der Waals surface area contributed by atoms with Gasteiger partial charge in [-0.1, -0.05) is 12.1 Å². The standard InChI is InChI=1S/C8H15N3O/c1-4-8-7(5-12)9-10-11(8)6(2)3/h6,12H,4-5H2,1-3H3. The van der Waals surface area contributed by atoms with Crippen LogP contribution in [-0.4, -0.2) is 20.1 Å². The van der Waals surface area contributed by atoms with Crippen molar-refractivity contribution in [2.45, 2.75) is 39.8 Å². The van der Waals surface area contributed by atoms with Gasteiger partial charge in [-0.2, -0.15) is 0 Å². The Balaban J connectivity index is 3.05. The molecule has 0 spiro atoms. The Morgan fingerprint density at radius 3 is 2.58 bits per heavy atom. The lowest BCUT2D eigenvalue weighted by molar-refractivity contribution is 0.275. The summed E-state index contributed by atoms with van der Waals surface area (Å²) >= 11 is 0. The van der Waals surface area contributed by atoms with Crippen LogP contribution >= 0.6 is 0 Å². The van der Waals surface area contributed by atoms with Crippen LogP contribution in [-0.2, 0) is 13.0 Å². The second kappa shape index (κ2) is 3.67. The zero-order valence-electron chi connectivity index (χ0n) is 7.78. The van der Waals surface area contributed by atoms with E-state index in [1.807, 2.05) is 11.6 Å². The number of aliphatic hydroxyl groups excluding tert-OH is 1. The normalized spacial score (nSPS) is 11.1. The van der Waals surface area contributed by atoms with Crippen molar-refractivity contribution in [2.75, 3.05) is 0 Å². The Hall–Kier alpha value is -0.900. The van der Waals surface area contributed by atoms with Gasteiger partial charge in [0.25, 0.3) is 0 Å². The average Bonchev–Trinajstić information content (AvgIpc) is 2.46. The number of rotatable bonds is 3. The zero-order valence-corrected chi connectivity index (χ0v) is 7.78. The molecule has 0 saturated heterocycles. The molecule has 4 heteroatoms. The van der Waals surface area contributed by atoms with Gasteiger partial charge >= 0.3 is 0 Å². The van der Waals surface area contributed by atoms with E-state index < -0.39 is 0 Å². The van der Waals surface area contributed by atoms with E-state index in [4.69, 9.17) is 5.11 Å². The van der Waals surface area contributed by atoms with E-state index in [1.165, 1.54) is 0 Å². The molecular formula is C8H15N3O. The quantitative estimate of drug-likeness (QED) is 0.731. The second-order valence-corrected chi connectivity index (χ2v) is 3.03. The summed E-state index contributed by atoms with van der Waals surface area (Å²) in [6.45, 7) is 6.12. The largest absolute Gasteiger partial charge is 0.390 e. The Kier molecular flexibility index (Phi) is 2.81. The molecule has 0 aliphatic rings. The molecule has 1 rings (SSSR count). The van der Waals surface area contributed by atoms with E-state index in [2.05, 4.69) is 24.2 Å². The molecule has 1 heterocycles. The van der Waals surface area contributed by atoms with Crippen molar-refractivity contribution < 1.29 is 5.11 Å². The first-order valence-corrected chi connectivity index (χ1v) is 4.24. The van der Waals surface area contributed by atoms with Crippen molar-refractivity contribution >= 4 is 0 Å². The van der Waals surface area contributed by atoms with Gasteiger partial charge in [-0.15, -0.1) is 5.10 Å². The predicted octanol–water partition coefficient (Wildman–Crippen LogP) is 0.914. The summed E-state index contributed by atoms with van der Waals surface area (Å²) in [6, 6.07) is 0.313. The highest BCUT2D eigenvalue weighted by molar-refractivity contribution is 5.09. The molecule has 0 bridgehead atoms. The molecule has 4 nitrogen and oxygen atoms in total. The third-order valence-electron chi connectivity index (χ3n) is 1.85. The molecule has 0 amide bonds. The zero-order chi connectivity index (χ0) is 9.14. The van der Waals surface area contributed by atoms with E-state index in [9.17, 15) is 0 Å². The Morgan fingerprint density at radius 2 is 2.17 bits per heavy atom. The summed E-state index contributed by atoms with van der Waals surface area (Å²) in [5.41, 5.74) is 1.73. The third-order valence-corrected chi connectivity index (χ3v) is 1.85. The first kappa shape index (κ1) is 9.19. The average molecular weight is 169 g/mol. The van der Waals surface area contributed by atoms with Gasteiger partial charge in [-0.3, -0.25) is 0 Å². The van der Waals surface area contributed by atoms with Crippen molar-refractivity contribution in [3.05, 3.63) is 11.4 Å². The predicted molar refractivity (Wildman–Crippen MR) is 45.7 cm³/mol. The van der Waals surface area contributed by atoms with E-state index in [1.54, 1.807) is 0 Å². The van der Waals surface area contributed by atoms with Crippen molar-refractivity contribution in [1.29, 1.82) is 0 Å². The molecule has 0 unspecified atom stereocenters. The van der Waals surface area contributed by atoms with Crippen LogP contribution in [0.5, 0.6) is 0 Å². The summed E-state index contributed by atoms with van der Waals surface area (Å²) in [5.74, 6) is 0. The molecule has 0 radical (unpaired) electrons. The van der Waals surface area contributed by atoms with Gasteiger partial charge in [0.1, 0.15) is 5.69 Å². The molecule has 12 heavy (non-hydrogen) atoms. The van der Waals surface area contributed by atoms with Crippen LogP contribution in [0.4, 0.5) is 0 Å². The monoisotopic (exact) mass is 169 g/mol. The molecule has 1 aromatic rings. The van der Waals surface area contributed by atoms with E-state index >= 15 is 0 Å². The summed E-state index contributed by atoms with van der Waals surface area (Å²) in [5, 5.41) is 16.8. The third kappa shape index (κ3) is 1.48. The van der Waals surface area contributed by atoms with E-state index in [0.29, 0.717) is 11.7 Å². The SMILES string of the molecule is CCc1c(CO)nnn1C(C)C. The summed E-state index contributed by atoms with van der Waals surface area (Å²) in [7, 11) is 0. The van der Waals surface area contributed by atoms with Crippen LogP contribution in [0.3, 0.4) is 0 Å². The number of aliphatic hydroxyl groups is 1. The highest BCUT2D eigenvalue weighted by atomic mass is 16.3. The molecule has 0 atom stereocenters. The number of nitrogens with zero attached hydrogens (tertiary/aromatic N) is 3. The minimum Gasteiger partial charge on any atom is -0.390 e. The Labute approximate surface area is 72.2 Å². The maximum absolute atomic E-state index is 8.93. The van der Waals surface area contributed by atoms with E-state index in [0.717, 1.165) is 12.1 Å². The van der Waals surface area contributed by atoms with Gasteiger partial charge in [0.05, 0.1) is 12.3 Å². The van der Waals surface area contributed by atoms with Crippen LogP contribution < -0.4 is 0 Å². The summed E-state index contributed by atoms with van der Waals surface area (Å²) < 4.78 is 1.85. The first-order valence-electron chi connectivity index (χ1n) is 4.24. The highest BCUT2D eigenvalue weighted by Gasteiger charge is 2.11. The second-order valence-electron chi connectivity index (χ2n) is 3.03. The van der Waals surface area contributed by atoms with Crippen molar-refractivity contribution in [1.82, 2.24) is 15.0 Å². The maximum Gasteiger partial charge on any atom is 0.111 e. The number of aromatic nitrogens is 3. The van der Waals surface area contributed by atoms with Gasteiger partial charge in [0, 0.05) is 6.04 Å². The number of hydrogen-bond acceptors (Lipinski definition) is 3. The number of hydrogen-bond donors (Lipinski definition) is 1. The Bertz CT molecular complexity index is 255. The maximum atomic E-state index is 8.93. The molecule has 0 fully saturated rings. The van der Waals surface area contributed by atoms with Crippen molar-refractivity contribution in [3.63, 3.8) is 0 Å². The van der Waals surface area contributed by atoms with Crippen LogP contribution in [0.1, 0.15) is 38.2 Å². The fourth-order valence-electron chi connectivity index (χ4n) is 1.25. The van der Waals surface area contributed by atoms with Gasteiger partial charge in [0.2, 0.25) is 0 Å². The van der Waals surface area contributed by atoms with Crippen LogP contribution in [0.2, 0.25) is 0 Å². The van der Waals surface area contributed by atoms with Crippen LogP contribution in [0.15, 0.2) is 0 Å². The van der Waals surface area contributed by atoms with Gasteiger partial charge in [-0.05, 0) is 20.3 Å².